The molecule has 1 aromatic carbocycles. The monoisotopic (exact) mass is 511 g/mol. The van der Waals surface area contributed by atoms with Crippen LogP contribution < -0.4 is 5.32 Å². The van der Waals surface area contributed by atoms with Crippen LogP contribution in [0, 0.1) is 0 Å². The van der Waals surface area contributed by atoms with Crippen molar-refractivity contribution in [3.05, 3.63) is 54.0 Å². The molecule has 37 heavy (non-hydrogen) atoms. The molecule has 1 aliphatic heterocycles. The summed E-state index contributed by atoms with van der Waals surface area (Å²) in [4.78, 5) is 59.3. The number of nitrogens with zero attached hydrogens (tertiary/aromatic N) is 4. The average Bonchev–Trinajstić information content (AvgIpc) is 3.35. The number of esters is 1. The van der Waals surface area contributed by atoms with E-state index in [0.29, 0.717) is 22.7 Å². The Kier molecular flexibility index (Phi) is 5.97. The smallest absolute Gasteiger partial charge is 0.325 e. The van der Waals surface area contributed by atoms with Crippen molar-refractivity contribution in [3.63, 3.8) is 0 Å². The van der Waals surface area contributed by atoms with Crippen LogP contribution in [0.3, 0.4) is 0 Å². The van der Waals surface area contributed by atoms with Gasteiger partial charge >= 0.3 is 12.0 Å². The number of ketones is 1. The van der Waals surface area contributed by atoms with Gasteiger partial charge in [-0.25, -0.2) is 23.5 Å². The third-order valence-electron chi connectivity index (χ3n) is 6.72. The van der Waals surface area contributed by atoms with Crippen molar-refractivity contribution in [1.29, 1.82) is 0 Å². The van der Waals surface area contributed by atoms with Crippen LogP contribution in [0.1, 0.15) is 48.8 Å². The Morgan fingerprint density at radius 2 is 1.78 bits per heavy atom. The number of amides is 3. The van der Waals surface area contributed by atoms with E-state index < -0.39 is 54.5 Å². The number of hydrogen-bond donors (Lipinski definition) is 1. The summed E-state index contributed by atoms with van der Waals surface area (Å²) in [6.45, 7) is 0.712. The van der Waals surface area contributed by atoms with Gasteiger partial charge < -0.3 is 10.1 Å². The fourth-order valence-corrected chi connectivity index (χ4v) is 4.73. The maximum absolute atomic E-state index is 13.6. The third kappa shape index (κ3) is 4.54. The van der Waals surface area contributed by atoms with E-state index in [1.165, 1.54) is 19.1 Å². The zero-order valence-corrected chi connectivity index (χ0v) is 19.9. The van der Waals surface area contributed by atoms with Crippen LogP contribution in [0.4, 0.5) is 13.6 Å². The predicted octanol–water partition coefficient (Wildman–Crippen LogP) is 3.17. The lowest BCUT2D eigenvalue weighted by molar-refractivity contribution is -0.142. The van der Waals surface area contributed by atoms with Gasteiger partial charge in [0.05, 0.1) is 6.54 Å². The molecule has 3 amide bonds. The molecule has 12 heteroatoms. The quantitative estimate of drug-likeness (QED) is 0.306. The Morgan fingerprint density at radius 3 is 2.46 bits per heavy atom. The summed E-state index contributed by atoms with van der Waals surface area (Å²) in [5, 5.41) is 2.53. The van der Waals surface area contributed by atoms with E-state index in [1.54, 1.807) is 35.0 Å². The van der Waals surface area contributed by atoms with E-state index in [0.717, 1.165) is 4.90 Å². The van der Waals surface area contributed by atoms with Gasteiger partial charge in [0.1, 0.15) is 17.7 Å². The molecule has 2 fully saturated rings. The van der Waals surface area contributed by atoms with Crippen LogP contribution in [-0.4, -0.2) is 61.1 Å². The maximum atomic E-state index is 13.6. The number of ether oxygens (including phenoxy) is 1. The summed E-state index contributed by atoms with van der Waals surface area (Å²) < 4.78 is 34.0. The van der Waals surface area contributed by atoms with Crippen molar-refractivity contribution in [2.75, 3.05) is 6.54 Å². The number of benzene rings is 1. The number of Topliss-reactive ketones (excluding diaryl/α,β-unsaturated/α-hetero) is 1. The number of alkyl halides is 2. The first kappa shape index (κ1) is 24.5. The van der Waals surface area contributed by atoms with Crippen LogP contribution in [0.5, 0.6) is 0 Å². The van der Waals surface area contributed by atoms with Crippen molar-refractivity contribution in [2.45, 2.75) is 50.7 Å². The average molecular weight is 511 g/mol. The second-order valence-electron chi connectivity index (χ2n) is 9.22. The molecule has 1 spiro atoms. The van der Waals surface area contributed by atoms with Crippen LogP contribution >= 0.6 is 0 Å². The fourth-order valence-electron chi connectivity index (χ4n) is 4.73. The molecule has 5 rings (SSSR count). The number of imidazole rings is 1. The van der Waals surface area contributed by atoms with Crippen LogP contribution in [0.2, 0.25) is 0 Å². The Morgan fingerprint density at radius 1 is 1.08 bits per heavy atom. The number of fused-ring (bicyclic) bond motifs is 1. The Labute approximate surface area is 209 Å². The van der Waals surface area contributed by atoms with Gasteiger partial charge in [-0.15, -0.1) is 0 Å². The number of hydrogen-bond acceptors (Lipinski definition) is 7. The summed E-state index contributed by atoms with van der Waals surface area (Å²) in [5.74, 6) is -4.02. The summed E-state index contributed by atoms with van der Waals surface area (Å²) in [6, 6.07) is 9.12. The molecule has 10 nitrogen and oxygen atoms in total. The number of imide groups is 1. The zero-order chi connectivity index (χ0) is 26.4. The van der Waals surface area contributed by atoms with Gasteiger partial charge in [0.15, 0.2) is 17.3 Å². The van der Waals surface area contributed by atoms with Gasteiger partial charge in [0.25, 0.3) is 5.91 Å². The number of aromatic nitrogens is 3. The number of carbonyl (C=O) groups excluding carboxylic acids is 4. The van der Waals surface area contributed by atoms with Gasteiger partial charge in [-0.1, -0.05) is 0 Å². The normalized spacial score (nSPS) is 18.3. The van der Waals surface area contributed by atoms with Gasteiger partial charge in [0, 0.05) is 37.2 Å². The van der Waals surface area contributed by atoms with E-state index in [9.17, 15) is 28.0 Å². The molecule has 1 saturated heterocycles. The molecule has 2 aromatic heterocycles. The topological polar surface area (TPSA) is 123 Å². The van der Waals surface area contributed by atoms with E-state index in [2.05, 4.69) is 15.3 Å². The van der Waals surface area contributed by atoms with Crippen molar-refractivity contribution in [3.8, 4) is 5.69 Å². The van der Waals surface area contributed by atoms with Gasteiger partial charge in [-0.3, -0.25) is 23.9 Å². The van der Waals surface area contributed by atoms with Gasteiger partial charge in [-0.05, 0) is 49.2 Å². The Hall–Kier alpha value is -4.22. The minimum Gasteiger partial charge on any atom is -0.458 e. The molecule has 192 valence electrons. The molecule has 1 aliphatic carbocycles. The number of nitrogens with one attached hydrogen (secondary N) is 1. The highest BCUT2D eigenvalue weighted by Crippen LogP contribution is 2.41. The second kappa shape index (κ2) is 9.02. The number of carbonyl (C=O) groups is 4. The van der Waals surface area contributed by atoms with Crippen LogP contribution in [0.25, 0.3) is 16.9 Å². The maximum Gasteiger partial charge on any atom is 0.325 e. The molecule has 1 N–H and O–H groups in total. The number of urea groups is 1. The summed E-state index contributed by atoms with van der Waals surface area (Å²) in [7, 11) is 0. The highest BCUT2D eigenvalue weighted by molar-refractivity contribution is 6.11. The van der Waals surface area contributed by atoms with E-state index >= 15 is 0 Å². The SMILES string of the molecule is CC(=O)OCc1nc2cccnc2n1-c1ccc(C(=O)CN2C(=O)NC3(CCC(F)(F)CC3)C2=O)cc1. The number of halogens is 2. The largest absolute Gasteiger partial charge is 0.458 e. The summed E-state index contributed by atoms with van der Waals surface area (Å²) >= 11 is 0. The molecule has 1 saturated carbocycles. The second-order valence-corrected chi connectivity index (χ2v) is 9.22. The molecule has 0 unspecified atom stereocenters. The lowest BCUT2D eigenvalue weighted by atomic mass is 9.80. The van der Waals surface area contributed by atoms with Crippen LogP contribution in [0.15, 0.2) is 42.6 Å². The zero-order valence-electron chi connectivity index (χ0n) is 19.9. The van der Waals surface area contributed by atoms with Crippen molar-refractivity contribution >= 4 is 34.9 Å². The highest BCUT2D eigenvalue weighted by Gasteiger charge is 2.55. The minimum absolute atomic E-state index is 0.0771. The van der Waals surface area contributed by atoms with Gasteiger partial charge in [0.2, 0.25) is 5.92 Å². The van der Waals surface area contributed by atoms with Crippen molar-refractivity contribution < 1.29 is 32.7 Å². The first-order valence-electron chi connectivity index (χ1n) is 11.7. The van der Waals surface area contributed by atoms with Crippen molar-refractivity contribution in [2.24, 2.45) is 0 Å². The molecule has 3 aromatic rings. The molecule has 2 aliphatic rings. The first-order chi connectivity index (χ1) is 17.6. The summed E-state index contributed by atoms with van der Waals surface area (Å²) in [5.41, 5.74) is 0.608. The molecule has 3 heterocycles. The van der Waals surface area contributed by atoms with E-state index in [-0.39, 0.29) is 25.0 Å². The Balaban J connectivity index is 1.34. The lowest BCUT2D eigenvalue weighted by Gasteiger charge is -2.34. The molecule has 0 radical (unpaired) electrons. The predicted molar refractivity (Wildman–Crippen MR) is 125 cm³/mol. The van der Waals surface area contributed by atoms with Crippen molar-refractivity contribution in [1.82, 2.24) is 24.8 Å². The van der Waals surface area contributed by atoms with E-state index in [1.807, 2.05) is 0 Å². The van der Waals surface area contributed by atoms with Crippen LogP contribution in [-0.2, 0) is 20.9 Å². The number of rotatable bonds is 6. The highest BCUT2D eigenvalue weighted by atomic mass is 19.3. The Bertz CT molecular complexity index is 1410. The van der Waals surface area contributed by atoms with Gasteiger partial charge in [-0.2, -0.15) is 0 Å². The molecule has 0 atom stereocenters. The third-order valence-corrected chi connectivity index (χ3v) is 6.72. The standard InChI is InChI=1S/C25H23F2N5O5/c1-15(33)37-14-20-29-18-3-2-12-28-21(18)32(20)17-6-4-16(5-7-17)19(34)13-31-22(35)24(30-23(31)36)8-10-25(26,27)11-9-24/h2-7,12H,8-11,13-14H2,1H3,(H,30,36). The molecular weight excluding hydrogens is 488 g/mol. The molecule has 0 bridgehead atoms. The number of pyridine rings is 1. The molecular formula is C25H23F2N5O5. The minimum atomic E-state index is -2.87. The first-order valence-corrected chi connectivity index (χ1v) is 11.7. The fraction of sp³-hybridized carbons (Fsp3) is 0.360. The van der Waals surface area contributed by atoms with E-state index in [4.69, 9.17) is 4.74 Å². The summed E-state index contributed by atoms with van der Waals surface area (Å²) in [6.07, 6.45) is 0.254. The lowest BCUT2D eigenvalue weighted by Crippen LogP contribution is -2.51.